The number of aromatic nitrogens is 2. The van der Waals surface area contributed by atoms with Gasteiger partial charge in [-0.05, 0) is 49.7 Å². The number of rotatable bonds is 6. The highest BCUT2D eigenvalue weighted by atomic mass is 19.1. The van der Waals surface area contributed by atoms with Gasteiger partial charge in [0.1, 0.15) is 5.75 Å². The van der Waals surface area contributed by atoms with Gasteiger partial charge >= 0.3 is 6.03 Å². The molecule has 1 aliphatic heterocycles. The zero-order valence-corrected chi connectivity index (χ0v) is 18.2. The summed E-state index contributed by atoms with van der Waals surface area (Å²) in [6.07, 6.45) is 0. The predicted molar refractivity (Wildman–Crippen MR) is 115 cm³/mol. The molecule has 2 aromatic carbocycles. The Morgan fingerprint density at radius 2 is 2.00 bits per heavy atom. The molecule has 8 nitrogen and oxygen atoms in total. The predicted octanol–water partition coefficient (Wildman–Crippen LogP) is 4.41. The molecule has 0 saturated carbocycles. The maximum atomic E-state index is 14.2. The first kappa shape index (κ1) is 21.4. The highest BCUT2D eigenvalue weighted by Gasteiger charge is 2.35. The number of amides is 2. The van der Waals surface area contributed by atoms with E-state index >= 15 is 0 Å². The van der Waals surface area contributed by atoms with E-state index in [1.807, 2.05) is 38.1 Å². The summed E-state index contributed by atoms with van der Waals surface area (Å²) < 4.78 is 30.0. The van der Waals surface area contributed by atoms with Gasteiger partial charge in [0.25, 0.3) is 5.89 Å². The Labute approximate surface area is 184 Å². The van der Waals surface area contributed by atoms with Gasteiger partial charge in [-0.25, -0.2) is 9.18 Å². The van der Waals surface area contributed by atoms with E-state index in [1.165, 1.54) is 19.2 Å². The van der Waals surface area contributed by atoms with Crippen LogP contribution >= 0.6 is 0 Å². The highest BCUT2D eigenvalue weighted by molar-refractivity contribution is 5.86. The van der Waals surface area contributed by atoms with Gasteiger partial charge in [-0.15, -0.1) is 0 Å². The summed E-state index contributed by atoms with van der Waals surface area (Å²) in [7, 11) is 2.98. The van der Waals surface area contributed by atoms with Crippen LogP contribution in [0.25, 0.3) is 17.0 Å². The van der Waals surface area contributed by atoms with Crippen molar-refractivity contribution in [3.63, 3.8) is 0 Å². The number of carbonyl (C=O) groups is 1. The Kier molecular flexibility index (Phi) is 5.81. The second-order valence-corrected chi connectivity index (χ2v) is 7.17. The van der Waals surface area contributed by atoms with Crippen molar-refractivity contribution >= 4 is 11.6 Å². The standard InChI is InChI=1S/C23H23FN4O4/c1-5-28-13(2)19(20(25-23(28)29)14-7-6-8-16(11-14)30-3)22-26-21(27-32-22)15-9-10-18(31-4)17(24)12-15/h6-12,20H,5H2,1-4H3,(H,25,29). The van der Waals surface area contributed by atoms with Crippen molar-refractivity contribution in [1.29, 1.82) is 0 Å². The molecule has 32 heavy (non-hydrogen) atoms. The molecule has 0 bridgehead atoms. The van der Waals surface area contributed by atoms with Gasteiger partial charge in [0.15, 0.2) is 11.6 Å². The van der Waals surface area contributed by atoms with Crippen molar-refractivity contribution in [1.82, 2.24) is 20.4 Å². The van der Waals surface area contributed by atoms with Crippen LogP contribution in [0.15, 0.2) is 52.7 Å². The number of allylic oxidation sites excluding steroid dienone is 1. The fraction of sp³-hybridized carbons (Fsp3) is 0.261. The molecule has 1 aromatic heterocycles. The van der Waals surface area contributed by atoms with Crippen LogP contribution in [-0.4, -0.2) is 41.8 Å². The van der Waals surface area contributed by atoms with Gasteiger partial charge in [0.2, 0.25) is 5.82 Å². The molecule has 1 aliphatic rings. The van der Waals surface area contributed by atoms with Gasteiger partial charge in [-0.1, -0.05) is 17.3 Å². The summed E-state index contributed by atoms with van der Waals surface area (Å²) in [4.78, 5) is 18.8. The number of methoxy groups -OCH3 is 2. The number of halogens is 1. The van der Waals surface area contributed by atoms with Crippen molar-refractivity contribution in [2.75, 3.05) is 20.8 Å². The minimum absolute atomic E-state index is 0.127. The molecule has 1 atom stereocenters. The Balaban J connectivity index is 1.80. The molecular formula is C23H23FN4O4. The summed E-state index contributed by atoms with van der Waals surface area (Å²) in [6.45, 7) is 4.18. The van der Waals surface area contributed by atoms with Crippen LogP contribution in [0.4, 0.5) is 9.18 Å². The molecule has 2 amide bonds. The van der Waals surface area contributed by atoms with Crippen LogP contribution in [0, 0.1) is 5.82 Å². The Bertz CT molecular complexity index is 1190. The average Bonchev–Trinajstić information content (AvgIpc) is 3.28. The molecule has 3 aromatic rings. The fourth-order valence-corrected chi connectivity index (χ4v) is 3.77. The lowest BCUT2D eigenvalue weighted by molar-refractivity contribution is 0.207. The molecule has 4 rings (SSSR count). The van der Waals surface area contributed by atoms with E-state index in [-0.39, 0.29) is 23.5 Å². The SMILES string of the molecule is CCN1C(=O)NC(c2cccc(OC)c2)C(c2nc(-c3ccc(OC)c(F)c3)no2)=C1C. The van der Waals surface area contributed by atoms with E-state index in [4.69, 9.17) is 14.0 Å². The van der Waals surface area contributed by atoms with Gasteiger partial charge in [-0.3, -0.25) is 4.90 Å². The fourth-order valence-electron chi connectivity index (χ4n) is 3.77. The summed E-state index contributed by atoms with van der Waals surface area (Å²) >= 11 is 0. The molecule has 1 N–H and O–H groups in total. The second-order valence-electron chi connectivity index (χ2n) is 7.17. The molecule has 166 valence electrons. The quantitative estimate of drug-likeness (QED) is 0.613. The third kappa shape index (κ3) is 3.77. The number of benzene rings is 2. The zero-order chi connectivity index (χ0) is 22.8. The maximum Gasteiger partial charge on any atom is 0.322 e. The number of hydrogen-bond donors (Lipinski definition) is 1. The molecule has 0 fully saturated rings. The summed E-state index contributed by atoms with van der Waals surface area (Å²) in [6, 6.07) is 11.1. The molecular weight excluding hydrogens is 415 g/mol. The topological polar surface area (TPSA) is 89.7 Å². The van der Waals surface area contributed by atoms with Gasteiger partial charge in [-0.2, -0.15) is 4.98 Å². The minimum Gasteiger partial charge on any atom is -0.497 e. The molecule has 0 radical (unpaired) electrons. The third-order valence-corrected chi connectivity index (χ3v) is 5.41. The minimum atomic E-state index is -0.527. The van der Waals surface area contributed by atoms with Gasteiger partial charge in [0, 0.05) is 17.8 Å². The van der Waals surface area contributed by atoms with E-state index in [2.05, 4.69) is 15.5 Å². The van der Waals surface area contributed by atoms with Crippen molar-refractivity contribution in [3.8, 4) is 22.9 Å². The number of urea groups is 1. The van der Waals surface area contributed by atoms with E-state index in [1.54, 1.807) is 18.1 Å². The first-order valence-corrected chi connectivity index (χ1v) is 10.1. The molecule has 0 spiro atoms. The van der Waals surface area contributed by atoms with E-state index < -0.39 is 11.9 Å². The smallest absolute Gasteiger partial charge is 0.322 e. The van der Waals surface area contributed by atoms with E-state index in [9.17, 15) is 9.18 Å². The van der Waals surface area contributed by atoms with Crippen LogP contribution < -0.4 is 14.8 Å². The van der Waals surface area contributed by atoms with Crippen LogP contribution in [-0.2, 0) is 0 Å². The van der Waals surface area contributed by atoms with Crippen molar-refractivity contribution in [2.45, 2.75) is 19.9 Å². The number of carbonyl (C=O) groups excluding carboxylic acids is 1. The summed E-state index contributed by atoms with van der Waals surface area (Å²) in [5.41, 5.74) is 2.60. The van der Waals surface area contributed by atoms with Crippen molar-refractivity contribution in [2.24, 2.45) is 0 Å². The summed E-state index contributed by atoms with van der Waals surface area (Å²) in [5, 5.41) is 7.05. The number of hydrogen-bond acceptors (Lipinski definition) is 6. The largest absolute Gasteiger partial charge is 0.497 e. The summed E-state index contributed by atoms with van der Waals surface area (Å²) in [5.74, 6) is 0.726. The first-order valence-electron chi connectivity index (χ1n) is 10.1. The zero-order valence-electron chi connectivity index (χ0n) is 18.2. The van der Waals surface area contributed by atoms with Crippen molar-refractivity contribution < 1.29 is 23.2 Å². The number of nitrogens with one attached hydrogen (secondary N) is 1. The van der Waals surface area contributed by atoms with Crippen LogP contribution in [0.3, 0.4) is 0 Å². The van der Waals surface area contributed by atoms with Gasteiger partial charge < -0.3 is 19.3 Å². The molecule has 9 heteroatoms. The van der Waals surface area contributed by atoms with Crippen LogP contribution in [0.1, 0.15) is 31.3 Å². The maximum absolute atomic E-state index is 14.2. The Hall–Kier alpha value is -3.88. The van der Waals surface area contributed by atoms with E-state index in [0.29, 0.717) is 29.1 Å². The second kappa shape index (κ2) is 8.70. The highest BCUT2D eigenvalue weighted by Crippen LogP contribution is 2.38. The molecule has 0 saturated heterocycles. The monoisotopic (exact) mass is 438 g/mol. The normalized spacial score (nSPS) is 16.2. The lowest BCUT2D eigenvalue weighted by Crippen LogP contribution is -2.45. The third-order valence-electron chi connectivity index (χ3n) is 5.41. The van der Waals surface area contributed by atoms with E-state index in [0.717, 1.165) is 5.56 Å². The number of nitrogens with zero attached hydrogens (tertiary/aromatic N) is 3. The lowest BCUT2D eigenvalue weighted by Gasteiger charge is -2.34. The lowest BCUT2D eigenvalue weighted by atomic mass is 9.94. The van der Waals surface area contributed by atoms with Gasteiger partial charge in [0.05, 0.1) is 25.8 Å². The molecule has 0 aliphatic carbocycles. The van der Waals surface area contributed by atoms with Crippen LogP contribution in [0.5, 0.6) is 11.5 Å². The Morgan fingerprint density at radius 3 is 2.69 bits per heavy atom. The van der Waals surface area contributed by atoms with Crippen molar-refractivity contribution in [3.05, 3.63) is 65.4 Å². The average molecular weight is 438 g/mol. The van der Waals surface area contributed by atoms with Crippen LogP contribution in [0.2, 0.25) is 0 Å². The Morgan fingerprint density at radius 1 is 1.19 bits per heavy atom. The molecule has 1 unspecified atom stereocenters. The molecule has 2 heterocycles. The number of ether oxygens (including phenoxy) is 2. The first-order chi connectivity index (χ1) is 15.5.